The zero-order chi connectivity index (χ0) is 12.8. The Labute approximate surface area is 107 Å². The number of primary sulfonamides is 1. The van der Waals surface area contributed by atoms with Crippen molar-refractivity contribution in [2.75, 3.05) is 5.32 Å². The zero-order valence-corrected chi connectivity index (χ0v) is 10.9. The lowest BCUT2D eigenvalue weighted by Crippen LogP contribution is -2.27. The topological polar surface area (TPSA) is 85.1 Å². The summed E-state index contributed by atoms with van der Waals surface area (Å²) >= 11 is 0. The van der Waals surface area contributed by atoms with Gasteiger partial charge in [0.25, 0.3) is 0 Å². The fourth-order valence-electron chi connectivity index (χ4n) is 3.35. The van der Waals surface area contributed by atoms with Crippen molar-refractivity contribution < 1.29 is 8.42 Å². The van der Waals surface area contributed by atoms with Gasteiger partial charge >= 0.3 is 0 Å². The van der Waals surface area contributed by atoms with Gasteiger partial charge in [-0.25, -0.2) is 13.6 Å². The highest BCUT2D eigenvalue weighted by Crippen LogP contribution is 2.45. The molecule has 1 heterocycles. The number of fused-ring (bicyclic) bond motifs is 2. The Morgan fingerprint density at radius 1 is 1.33 bits per heavy atom. The Balaban J connectivity index is 1.85. The van der Waals surface area contributed by atoms with Crippen LogP contribution >= 0.6 is 0 Å². The molecule has 2 fully saturated rings. The number of rotatable bonds is 3. The quantitative estimate of drug-likeness (QED) is 0.865. The van der Waals surface area contributed by atoms with Gasteiger partial charge in [0.1, 0.15) is 4.90 Å². The standard InChI is InChI=1S/C12H17N3O2S/c13-18(16,17)12-7-14-4-3-10(12)15-11-6-8-1-2-9(11)5-8/h3-4,7-9,11H,1-2,5-6H2,(H,14,15)(H2,13,16,17). The van der Waals surface area contributed by atoms with Gasteiger partial charge in [0.05, 0.1) is 5.69 Å². The van der Waals surface area contributed by atoms with E-state index >= 15 is 0 Å². The van der Waals surface area contributed by atoms with E-state index in [-0.39, 0.29) is 4.90 Å². The minimum Gasteiger partial charge on any atom is -0.381 e. The summed E-state index contributed by atoms with van der Waals surface area (Å²) < 4.78 is 23.0. The van der Waals surface area contributed by atoms with Gasteiger partial charge in [-0.05, 0) is 37.2 Å². The van der Waals surface area contributed by atoms with Gasteiger partial charge in [-0.15, -0.1) is 0 Å². The molecule has 3 atom stereocenters. The lowest BCUT2D eigenvalue weighted by Gasteiger charge is -2.24. The van der Waals surface area contributed by atoms with Crippen LogP contribution in [0.5, 0.6) is 0 Å². The van der Waals surface area contributed by atoms with Crippen LogP contribution in [0.15, 0.2) is 23.4 Å². The highest BCUT2D eigenvalue weighted by Gasteiger charge is 2.39. The Morgan fingerprint density at radius 3 is 2.78 bits per heavy atom. The van der Waals surface area contributed by atoms with Crippen LogP contribution in [0.3, 0.4) is 0 Å². The van der Waals surface area contributed by atoms with Crippen LogP contribution in [0.4, 0.5) is 5.69 Å². The normalized spacial score (nSPS) is 30.6. The number of nitrogens with one attached hydrogen (secondary N) is 1. The Hall–Kier alpha value is -1.14. The number of nitrogens with zero attached hydrogens (tertiary/aromatic N) is 1. The molecule has 0 saturated heterocycles. The minimum absolute atomic E-state index is 0.0905. The number of hydrogen-bond donors (Lipinski definition) is 2. The summed E-state index contributed by atoms with van der Waals surface area (Å²) in [6.45, 7) is 0. The van der Waals surface area contributed by atoms with E-state index in [2.05, 4.69) is 10.3 Å². The van der Waals surface area contributed by atoms with E-state index in [1.54, 1.807) is 12.3 Å². The molecule has 6 heteroatoms. The molecule has 1 aromatic heterocycles. The molecular weight excluding hydrogens is 250 g/mol. The molecule has 18 heavy (non-hydrogen) atoms. The molecule has 0 spiro atoms. The van der Waals surface area contributed by atoms with E-state index in [9.17, 15) is 8.42 Å². The van der Waals surface area contributed by atoms with Crippen LogP contribution in [-0.4, -0.2) is 19.4 Å². The third-order valence-electron chi connectivity index (χ3n) is 4.17. The van der Waals surface area contributed by atoms with Crippen LogP contribution in [-0.2, 0) is 10.0 Å². The molecular formula is C12H17N3O2S. The predicted molar refractivity (Wildman–Crippen MR) is 68.5 cm³/mol. The molecule has 0 aliphatic heterocycles. The van der Waals surface area contributed by atoms with Crippen molar-refractivity contribution in [3.63, 3.8) is 0 Å². The number of nitrogens with two attached hydrogens (primary N) is 1. The molecule has 2 bridgehead atoms. The number of anilines is 1. The highest BCUT2D eigenvalue weighted by atomic mass is 32.2. The summed E-state index contributed by atoms with van der Waals surface area (Å²) in [6, 6.07) is 2.07. The minimum atomic E-state index is -3.71. The lowest BCUT2D eigenvalue weighted by atomic mass is 9.95. The molecule has 1 aromatic rings. The Morgan fingerprint density at radius 2 is 2.17 bits per heavy atom. The van der Waals surface area contributed by atoms with E-state index < -0.39 is 10.0 Å². The second-order valence-electron chi connectivity index (χ2n) is 5.34. The molecule has 98 valence electrons. The number of pyridine rings is 1. The third-order valence-corrected chi connectivity index (χ3v) is 5.11. The number of aromatic nitrogens is 1. The van der Waals surface area contributed by atoms with Gasteiger partial charge in [-0.2, -0.15) is 0 Å². The summed E-state index contributed by atoms with van der Waals surface area (Å²) in [6.07, 6.45) is 7.87. The fraction of sp³-hybridized carbons (Fsp3) is 0.583. The monoisotopic (exact) mass is 267 g/mol. The Bertz CT molecular complexity index is 558. The van der Waals surface area contributed by atoms with E-state index in [0.29, 0.717) is 17.6 Å². The molecule has 5 nitrogen and oxygen atoms in total. The van der Waals surface area contributed by atoms with Gasteiger partial charge in [-0.3, -0.25) is 4.98 Å². The van der Waals surface area contributed by atoms with Crippen LogP contribution in [0.2, 0.25) is 0 Å². The average molecular weight is 267 g/mol. The summed E-state index contributed by atoms with van der Waals surface area (Å²) in [4.78, 5) is 3.93. The first-order chi connectivity index (χ1) is 8.54. The summed E-state index contributed by atoms with van der Waals surface area (Å²) in [5.74, 6) is 1.49. The first-order valence-corrected chi connectivity index (χ1v) is 7.82. The zero-order valence-electron chi connectivity index (χ0n) is 10.0. The molecule has 2 aliphatic rings. The van der Waals surface area contributed by atoms with Crippen molar-refractivity contribution >= 4 is 15.7 Å². The second kappa shape index (κ2) is 4.20. The lowest BCUT2D eigenvalue weighted by molar-refractivity contribution is 0.439. The van der Waals surface area contributed by atoms with Crippen molar-refractivity contribution in [3.05, 3.63) is 18.5 Å². The molecule has 2 aliphatic carbocycles. The van der Waals surface area contributed by atoms with Gasteiger partial charge in [0.15, 0.2) is 0 Å². The van der Waals surface area contributed by atoms with E-state index in [4.69, 9.17) is 5.14 Å². The Kier molecular flexibility index (Phi) is 2.79. The second-order valence-corrected chi connectivity index (χ2v) is 6.87. The molecule has 3 N–H and O–H groups in total. The smallest absolute Gasteiger partial charge is 0.241 e. The maximum Gasteiger partial charge on any atom is 0.241 e. The predicted octanol–water partition coefficient (Wildman–Crippen LogP) is 1.33. The number of hydrogen-bond acceptors (Lipinski definition) is 4. The van der Waals surface area contributed by atoms with Crippen molar-refractivity contribution in [2.45, 2.75) is 36.6 Å². The van der Waals surface area contributed by atoms with Gasteiger partial charge in [-0.1, -0.05) is 6.42 Å². The maximum absolute atomic E-state index is 11.5. The fourth-order valence-corrected chi connectivity index (χ4v) is 3.99. The molecule has 3 unspecified atom stereocenters. The average Bonchev–Trinajstić information content (AvgIpc) is 2.90. The summed E-state index contributed by atoms with van der Waals surface area (Å²) in [7, 11) is -3.71. The third kappa shape index (κ3) is 2.10. The first kappa shape index (κ1) is 11.9. The molecule has 3 rings (SSSR count). The van der Waals surface area contributed by atoms with Crippen molar-refractivity contribution in [1.29, 1.82) is 0 Å². The van der Waals surface area contributed by atoms with Crippen LogP contribution < -0.4 is 10.5 Å². The number of sulfonamides is 1. The first-order valence-electron chi connectivity index (χ1n) is 6.27. The van der Waals surface area contributed by atoms with Crippen LogP contribution in [0.1, 0.15) is 25.7 Å². The molecule has 0 radical (unpaired) electrons. The highest BCUT2D eigenvalue weighted by molar-refractivity contribution is 7.89. The maximum atomic E-state index is 11.5. The molecule has 0 aromatic carbocycles. The van der Waals surface area contributed by atoms with Gasteiger partial charge in [0.2, 0.25) is 10.0 Å². The van der Waals surface area contributed by atoms with E-state index in [1.807, 2.05) is 0 Å². The van der Waals surface area contributed by atoms with E-state index in [0.717, 1.165) is 12.3 Å². The molecule has 2 saturated carbocycles. The largest absolute Gasteiger partial charge is 0.381 e. The summed E-state index contributed by atoms with van der Waals surface area (Å²) in [5, 5.41) is 8.55. The van der Waals surface area contributed by atoms with Crippen molar-refractivity contribution in [1.82, 2.24) is 4.98 Å². The van der Waals surface area contributed by atoms with Gasteiger partial charge in [0, 0.05) is 18.4 Å². The SMILES string of the molecule is NS(=O)(=O)c1cnccc1NC1CC2CCC1C2. The van der Waals surface area contributed by atoms with Gasteiger partial charge < -0.3 is 5.32 Å². The summed E-state index contributed by atoms with van der Waals surface area (Å²) in [5.41, 5.74) is 0.588. The molecule has 0 amide bonds. The van der Waals surface area contributed by atoms with Crippen molar-refractivity contribution in [2.24, 2.45) is 17.0 Å². The van der Waals surface area contributed by atoms with Crippen LogP contribution in [0.25, 0.3) is 0 Å². The van der Waals surface area contributed by atoms with Crippen LogP contribution in [0, 0.1) is 11.8 Å². The van der Waals surface area contributed by atoms with Crippen molar-refractivity contribution in [3.8, 4) is 0 Å². The van der Waals surface area contributed by atoms with E-state index in [1.165, 1.54) is 25.5 Å².